The van der Waals surface area contributed by atoms with Crippen molar-refractivity contribution in [3.05, 3.63) is 75.4 Å². The van der Waals surface area contributed by atoms with Crippen LogP contribution in [0.1, 0.15) is 69.0 Å². The number of ether oxygens (including phenoxy) is 1. The minimum atomic E-state index is -1.60. The molecule has 0 radical (unpaired) electrons. The Balaban J connectivity index is 1.53. The number of aryl methyl sites for hydroxylation is 2. The van der Waals surface area contributed by atoms with E-state index in [2.05, 4.69) is 61.8 Å². The summed E-state index contributed by atoms with van der Waals surface area (Å²) in [5.74, 6) is 0.494. The molecule has 2 aromatic heterocycles. The molecular formula is C31H41N8O5PS. The summed E-state index contributed by atoms with van der Waals surface area (Å²) < 4.78 is 28.2. The highest BCUT2D eigenvalue weighted by Gasteiger charge is 2.66. The third-order valence-corrected chi connectivity index (χ3v) is 11.1. The number of carbonyl (C=O) groups excluding carboxylic acids is 1. The van der Waals surface area contributed by atoms with Crippen LogP contribution in [0.3, 0.4) is 0 Å². The fourth-order valence-electron chi connectivity index (χ4n) is 6.08. The van der Waals surface area contributed by atoms with Gasteiger partial charge in [0.05, 0.1) is 6.54 Å². The van der Waals surface area contributed by atoms with Gasteiger partial charge in [0.25, 0.3) is 14.4 Å². The molecular weight excluding hydrogens is 627 g/mol. The van der Waals surface area contributed by atoms with Gasteiger partial charge in [0, 0.05) is 40.9 Å². The van der Waals surface area contributed by atoms with Crippen LogP contribution in [0.4, 0.5) is 10.9 Å². The minimum Gasteiger partial charge on any atom is -0.344 e. The first-order chi connectivity index (χ1) is 22.0. The van der Waals surface area contributed by atoms with E-state index in [0.29, 0.717) is 35.0 Å². The normalized spacial score (nSPS) is 23.0. The number of aromatic nitrogens is 4. The van der Waals surface area contributed by atoms with Gasteiger partial charge in [-0.1, -0.05) is 25.1 Å². The molecule has 246 valence electrons. The number of carbonyl (C=O) groups is 1. The number of nitrogens with zero attached hydrogens (tertiary/aromatic N) is 7. The van der Waals surface area contributed by atoms with Gasteiger partial charge in [0.1, 0.15) is 36.0 Å². The monoisotopic (exact) mass is 668 g/mol. The maximum absolute atomic E-state index is 13.7. The SMILES string of the molecule is [C-]#[N+]CCOP(O[C@H]1[C@@H]2[C@H](n3cc(C)c(NC(=O)c4ccccc4)nc3=O)O[C@@]1(CC)CN2c1nc(C)ns1)N(C(C)C)C(C)C. The van der Waals surface area contributed by atoms with Crippen LogP contribution >= 0.6 is 20.1 Å². The van der Waals surface area contributed by atoms with Crippen molar-refractivity contribution in [2.24, 2.45) is 0 Å². The molecule has 2 fully saturated rings. The number of rotatable bonds is 13. The second kappa shape index (κ2) is 14.2. The molecule has 2 aliphatic heterocycles. The topological polar surface area (TPSA) is 128 Å². The van der Waals surface area contributed by atoms with Gasteiger partial charge in [-0.15, -0.1) is 0 Å². The van der Waals surface area contributed by atoms with Crippen LogP contribution in [0.5, 0.6) is 0 Å². The van der Waals surface area contributed by atoms with Gasteiger partial charge in [-0.2, -0.15) is 9.36 Å². The van der Waals surface area contributed by atoms with E-state index in [9.17, 15) is 9.59 Å². The molecule has 2 bridgehead atoms. The second-order valence-electron chi connectivity index (χ2n) is 12.0. The summed E-state index contributed by atoms with van der Waals surface area (Å²) in [7, 11) is -1.60. The van der Waals surface area contributed by atoms with Crippen LogP contribution in [0.25, 0.3) is 4.85 Å². The number of amides is 1. The smallest absolute Gasteiger partial charge is 0.344 e. The van der Waals surface area contributed by atoms with Gasteiger partial charge in [-0.3, -0.25) is 9.36 Å². The number of nitrogens with one attached hydrogen (secondary N) is 1. The fraction of sp³-hybridized carbons (Fsp3) is 0.548. The third kappa shape index (κ3) is 6.72. The highest BCUT2D eigenvalue weighted by Crippen LogP contribution is 2.57. The summed E-state index contributed by atoms with van der Waals surface area (Å²) in [5.41, 5.74) is -0.297. The molecule has 1 N–H and O–H groups in total. The van der Waals surface area contributed by atoms with Crippen molar-refractivity contribution >= 4 is 36.9 Å². The lowest BCUT2D eigenvalue weighted by molar-refractivity contribution is -0.104. The Morgan fingerprint density at radius 2 is 1.96 bits per heavy atom. The summed E-state index contributed by atoms with van der Waals surface area (Å²) in [6, 6.07) is 8.53. The summed E-state index contributed by atoms with van der Waals surface area (Å²) in [6.45, 7) is 22.3. The van der Waals surface area contributed by atoms with Crippen molar-refractivity contribution < 1.29 is 18.6 Å². The molecule has 15 heteroatoms. The predicted octanol–water partition coefficient (Wildman–Crippen LogP) is 5.20. The summed E-state index contributed by atoms with van der Waals surface area (Å²) in [4.78, 5) is 41.1. The first-order valence-electron chi connectivity index (χ1n) is 15.4. The third-order valence-electron chi connectivity index (χ3n) is 8.17. The molecule has 3 aromatic rings. The molecule has 4 heterocycles. The zero-order chi connectivity index (χ0) is 33.2. The minimum absolute atomic E-state index is 0.113. The maximum atomic E-state index is 13.7. The van der Waals surface area contributed by atoms with E-state index in [1.54, 1.807) is 37.4 Å². The molecule has 13 nitrogen and oxygen atoms in total. The van der Waals surface area contributed by atoms with Gasteiger partial charge >= 0.3 is 5.69 Å². The average molecular weight is 669 g/mol. The van der Waals surface area contributed by atoms with Crippen LogP contribution in [0.15, 0.2) is 41.3 Å². The molecule has 5 atom stereocenters. The Morgan fingerprint density at radius 3 is 2.57 bits per heavy atom. The van der Waals surface area contributed by atoms with Crippen molar-refractivity contribution in [3.8, 4) is 0 Å². The lowest BCUT2D eigenvalue weighted by Crippen LogP contribution is -2.48. The summed E-state index contributed by atoms with van der Waals surface area (Å²) >= 11 is 1.29. The van der Waals surface area contributed by atoms with Crippen LogP contribution in [0, 0.1) is 20.4 Å². The lowest BCUT2D eigenvalue weighted by Gasteiger charge is -2.38. The molecule has 0 saturated carbocycles. The Hall–Kier alpha value is -3.31. The number of hydrogen-bond acceptors (Lipinski definition) is 11. The van der Waals surface area contributed by atoms with Crippen LogP contribution in [-0.2, 0) is 13.8 Å². The molecule has 5 rings (SSSR count). The van der Waals surface area contributed by atoms with E-state index in [1.165, 1.54) is 16.1 Å². The van der Waals surface area contributed by atoms with Gasteiger partial charge < -0.3 is 28.8 Å². The first-order valence-corrected chi connectivity index (χ1v) is 17.3. The average Bonchev–Trinajstić information content (AvgIpc) is 3.69. The van der Waals surface area contributed by atoms with Crippen molar-refractivity contribution in [2.75, 3.05) is 29.9 Å². The quantitative estimate of drug-likeness (QED) is 0.148. The number of fused-ring (bicyclic) bond motifs is 2. The van der Waals surface area contributed by atoms with E-state index in [1.807, 2.05) is 19.9 Å². The van der Waals surface area contributed by atoms with Crippen LogP contribution in [-0.4, -0.2) is 79.0 Å². The lowest BCUT2D eigenvalue weighted by atomic mass is 9.96. The number of hydrogen-bond donors (Lipinski definition) is 1. The van der Waals surface area contributed by atoms with Crippen LogP contribution < -0.4 is 15.9 Å². The van der Waals surface area contributed by atoms with Crippen LogP contribution in [0.2, 0.25) is 0 Å². The summed E-state index contributed by atoms with van der Waals surface area (Å²) in [5, 5.41) is 3.49. The molecule has 1 unspecified atom stereocenters. The van der Waals surface area contributed by atoms with E-state index >= 15 is 0 Å². The van der Waals surface area contributed by atoms with Gasteiger partial charge in [-0.25, -0.2) is 21.0 Å². The Labute approximate surface area is 274 Å². The van der Waals surface area contributed by atoms with Gasteiger partial charge in [0.2, 0.25) is 11.7 Å². The molecule has 1 aromatic carbocycles. The van der Waals surface area contributed by atoms with Gasteiger partial charge in [0.15, 0.2) is 6.23 Å². The molecule has 1 amide bonds. The fourth-order valence-corrected chi connectivity index (χ4v) is 8.61. The number of morpholine rings is 1. The molecule has 2 aliphatic rings. The molecule has 0 aliphatic carbocycles. The zero-order valence-electron chi connectivity index (χ0n) is 27.2. The van der Waals surface area contributed by atoms with E-state index < -0.39 is 38.2 Å². The summed E-state index contributed by atoms with van der Waals surface area (Å²) in [6.07, 6.45) is 0.997. The molecule has 0 spiro atoms. The molecule has 46 heavy (non-hydrogen) atoms. The number of benzene rings is 1. The zero-order valence-corrected chi connectivity index (χ0v) is 28.9. The van der Waals surface area contributed by atoms with Crippen molar-refractivity contribution in [1.82, 2.24) is 23.6 Å². The molecule has 2 saturated heterocycles. The van der Waals surface area contributed by atoms with Crippen molar-refractivity contribution in [3.63, 3.8) is 0 Å². The van der Waals surface area contributed by atoms with Crippen molar-refractivity contribution in [2.45, 2.75) is 90.9 Å². The Morgan fingerprint density at radius 1 is 1.24 bits per heavy atom. The largest absolute Gasteiger partial charge is 0.351 e. The highest BCUT2D eigenvalue weighted by molar-refractivity contribution is 7.44. The Bertz CT molecular complexity index is 1620. The van der Waals surface area contributed by atoms with Gasteiger partial charge in [-0.05, 0) is 60.1 Å². The van der Waals surface area contributed by atoms with E-state index in [0.717, 1.165) is 0 Å². The van der Waals surface area contributed by atoms with E-state index in [-0.39, 0.29) is 37.0 Å². The highest BCUT2D eigenvalue weighted by atomic mass is 32.1. The standard InChI is InChI=1S/C31H41N8O5PS/c1-9-31-18-38(30-33-22(7)36-46-30)24(25(31)44-45(42-16-15-32-8)39(19(2)3)20(4)5)28(43-31)37-17-21(6)26(35-29(37)41)34-27(40)23-13-11-10-12-14-23/h10-14,17,19-20,24-25,28H,9,15-16,18H2,1-7H3,(H,34,35,40,41)/t24-,25+,28-,31+,45?/m1/s1. The second-order valence-corrected chi connectivity index (χ2v) is 14.1. The Kier molecular flexibility index (Phi) is 10.5. The predicted molar refractivity (Wildman–Crippen MR) is 178 cm³/mol. The maximum Gasteiger partial charge on any atom is 0.351 e. The van der Waals surface area contributed by atoms with Crippen molar-refractivity contribution in [1.29, 1.82) is 0 Å². The number of anilines is 2. The van der Waals surface area contributed by atoms with E-state index in [4.69, 9.17) is 20.4 Å². The first kappa shape index (κ1) is 34.0.